The van der Waals surface area contributed by atoms with E-state index in [9.17, 15) is 4.79 Å². The van der Waals surface area contributed by atoms with Gasteiger partial charge in [0.25, 0.3) is 0 Å². The number of benzene rings is 2. The Balaban J connectivity index is 2.45. The highest BCUT2D eigenvalue weighted by Gasteiger charge is 2.08. The molecule has 3 nitrogen and oxygen atoms in total. The molecular formula is C13H9NO2. The number of nitriles is 1. The standard InChI is InChI=1S/C13H9NO2/c14-8-11(9-15)16-13-7-3-5-10-4-1-2-6-12(10)13/h1-7,9,11H. The third kappa shape index (κ3) is 1.86. The van der Waals surface area contributed by atoms with E-state index in [0.29, 0.717) is 12.0 Å². The van der Waals surface area contributed by atoms with Gasteiger partial charge in [-0.3, -0.25) is 4.79 Å². The predicted molar refractivity (Wildman–Crippen MR) is 60.0 cm³/mol. The first-order valence-corrected chi connectivity index (χ1v) is 4.84. The van der Waals surface area contributed by atoms with Crippen LogP contribution in [0.1, 0.15) is 0 Å². The van der Waals surface area contributed by atoms with Gasteiger partial charge in [-0.15, -0.1) is 0 Å². The lowest BCUT2D eigenvalue weighted by Crippen LogP contribution is -2.15. The van der Waals surface area contributed by atoms with Crippen molar-refractivity contribution in [3.05, 3.63) is 42.5 Å². The molecule has 3 heteroatoms. The first kappa shape index (κ1) is 10.2. The summed E-state index contributed by atoms with van der Waals surface area (Å²) < 4.78 is 5.30. The number of carbonyl (C=O) groups excluding carboxylic acids is 1. The fourth-order valence-electron chi connectivity index (χ4n) is 1.52. The van der Waals surface area contributed by atoms with Gasteiger partial charge < -0.3 is 4.74 Å². The summed E-state index contributed by atoms with van der Waals surface area (Å²) in [6.45, 7) is 0. The molecule has 1 atom stereocenters. The minimum atomic E-state index is -1.05. The third-order valence-corrected chi connectivity index (χ3v) is 2.25. The van der Waals surface area contributed by atoms with E-state index in [1.165, 1.54) is 0 Å². The Morgan fingerprint density at radius 2 is 1.94 bits per heavy atom. The Kier molecular flexibility index (Phi) is 2.84. The van der Waals surface area contributed by atoms with Crippen molar-refractivity contribution in [3.63, 3.8) is 0 Å². The summed E-state index contributed by atoms with van der Waals surface area (Å²) >= 11 is 0. The molecule has 0 heterocycles. The van der Waals surface area contributed by atoms with Gasteiger partial charge in [-0.2, -0.15) is 5.26 Å². The van der Waals surface area contributed by atoms with Crippen molar-refractivity contribution in [1.29, 1.82) is 5.26 Å². The van der Waals surface area contributed by atoms with Crippen molar-refractivity contribution in [2.75, 3.05) is 0 Å². The molecule has 16 heavy (non-hydrogen) atoms. The molecule has 1 unspecified atom stereocenters. The van der Waals surface area contributed by atoms with Gasteiger partial charge in [0, 0.05) is 5.39 Å². The number of carbonyl (C=O) groups is 1. The first-order chi connectivity index (χ1) is 7.85. The van der Waals surface area contributed by atoms with Crippen molar-refractivity contribution in [2.24, 2.45) is 0 Å². The van der Waals surface area contributed by atoms with Gasteiger partial charge in [0.1, 0.15) is 11.8 Å². The fourth-order valence-corrected chi connectivity index (χ4v) is 1.52. The Morgan fingerprint density at radius 3 is 2.69 bits per heavy atom. The monoisotopic (exact) mass is 211 g/mol. The van der Waals surface area contributed by atoms with Crippen LogP contribution in [0, 0.1) is 11.3 Å². The quantitative estimate of drug-likeness (QED) is 0.732. The van der Waals surface area contributed by atoms with Crippen LogP contribution < -0.4 is 4.74 Å². The number of aldehydes is 1. The van der Waals surface area contributed by atoms with Gasteiger partial charge in [-0.05, 0) is 11.5 Å². The molecule has 0 spiro atoms. The van der Waals surface area contributed by atoms with Crippen molar-refractivity contribution >= 4 is 17.1 Å². The van der Waals surface area contributed by atoms with Crippen LogP contribution in [0.25, 0.3) is 10.8 Å². The molecule has 0 fully saturated rings. The van der Waals surface area contributed by atoms with Gasteiger partial charge in [0.2, 0.25) is 6.10 Å². The minimum absolute atomic E-state index is 0.488. The lowest BCUT2D eigenvalue weighted by Gasteiger charge is -2.09. The molecular weight excluding hydrogens is 202 g/mol. The van der Waals surface area contributed by atoms with Crippen LogP contribution in [0.5, 0.6) is 5.75 Å². The average molecular weight is 211 g/mol. The first-order valence-electron chi connectivity index (χ1n) is 4.84. The Morgan fingerprint density at radius 1 is 1.19 bits per heavy atom. The summed E-state index contributed by atoms with van der Waals surface area (Å²) in [7, 11) is 0. The molecule has 2 aromatic rings. The number of fused-ring (bicyclic) bond motifs is 1. The van der Waals surface area contributed by atoms with Crippen LogP contribution >= 0.6 is 0 Å². The van der Waals surface area contributed by atoms with E-state index in [0.717, 1.165) is 10.8 Å². The Labute approximate surface area is 92.9 Å². The average Bonchev–Trinajstić information content (AvgIpc) is 2.36. The largest absolute Gasteiger partial charge is 0.467 e. The van der Waals surface area contributed by atoms with Crippen molar-refractivity contribution in [2.45, 2.75) is 6.10 Å². The molecule has 0 radical (unpaired) electrons. The van der Waals surface area contributed by atoms with Gasteiger partial charge in [0.05, 0.1) is 0 Å². The van der Waals surface area contributed by atoms with Gasteiger partial charge in [0.15, 0.2) is 6.29 Å². The highest BCUT2D eigenvalue weighted by atomic mass is 16.5. The number of rotatable bonds is 3. The van der Waals surface area contributed by atoms with E-state index in [2.05, 4.69) is 0 Å². The molecule has 0 aliphatic heterocycles. The molecule has 0 aromatic heterocycles. The maximum atomic E-state index is 10.5. The topological polar surface area (TPSA) is 50.1 Å². The zero-order chi connectivity index (χ0) is 11.4. The maximum Gasteiger partial charge on any atom is 0.238 e. The summed E-state index contributed by atoms with van der Waals surface area (Å²) in [5.74, 6) is 0.553. The van der Waals surface area contributed by atoms with E-state index < -0.39 is 6.10 Å². The van der Waals surface area contributed by atoms with E-state index in [-0.39, 0.29) is 0 Å². The number of ether oxygens (including phenoxy) is 1. The molecule has 0 amide bonds. The zero-order valence-corrected chi connectivity index (χ0v) is 8.46. The predicted octanol–water partition coefficient (Wildman–Crippen LogP) is 2.31. The molecule has 0 saturated heterocycles. The van der Waals surface area contributed by atoms with Crippen molar-refractivity contribution in [3.8, 4) is 11.8 Å². The third-order valence-electron chi connectivity index (χ3n) is 2.25. The van der Waals surface area contributed by atoms with Crippen LogP contribution in [0.2, 0.25) is 0 Å². The van der Waals surface area contributed by atoms with Crippen LogP contribution in [0.4, 0.5) is 0 Å². The van der Waals surface area contributed by atoms with E-state index >= 15 is 0 Å². The number of hydrogen-bond donors (Lipinski definition) is 0. The summed E-state index contributed by atoms with van der Waals surface area (Å²) in [5, 5.41) is 10.6. The maximum absolute atomic E-state index is 10.5. The van der Waals surface area contributed by atoms with Crippen LogP contribution in [-0.4, -0.2) is 12.4 Å². The normalized spacial score (nSPS) is 11.7. The molecule has 0 aliphatic carbocycles. The second-order valence-corrected chi connectivity index (χ2v) is 3.28. The van der Waals surface area contributed by atoms with Gasteiger partial charge in [-0.25, -0.2) is 0 Å². The molecule has 2 rings (SSSR count). The second kappa shape index (κ2) is 4.45. The van der Waals surface area contributed by atoms with E-state index in [4.69, 9.17) is 10.00 Å². The lowest BCUT2D eigenvalue weighted by molar-refractivity contribution is -0.111. The van der Waals surface area contributed by atoms with Crippen molar-refractivity contribution < 1.29 is 9.53 Å². The molecule has 0 N–H and O–H groups in total. The smallest absolute Gasteiger partial charge is 0.238 e. The molecule has 2 aromatic carbocycles. The summed E-state index contributed by atoms with van der Waals surface area (Å²) in [6.07, 6.45) is -0.562. The van der Waals surface area contributed by atoms with Crippen LogP contribution in [-0.2, 0) is 4.79 Å². The second-order valence-electron chi connectivity index (χ2n) is 3.28. The van der Waals surface area contributed by atoms with Gasteiger partial charge >= 0.3 is 0 Å². The highest BCUT2D eigenvalue weighted by molar-refractivity contribution is 5.88. The van der Waals surface area contributed by atoms with Gasteiger partial charge in [-0.1, -0.05) is 36.4 Å². The van der Waals surface area contributed by atoms with Crippen LogP contribution in [0.3, 0.4) is 0 Å². The van der Waals surface area contributed by atoms with E-state index in [1.54, 1.807) is 12.1 Å². The number of nitrogens with zero attached hydrogens (tertiary/aromatic N) is 1. The summed E-state index contributed by atoms with van der Waals surface area (Å²) in [6, 6.07) is 15.0. The highest BCUT2D eigenvalue weighted by Crippen LogP contribution is 2.25. The molecule has 0 saturated carbocycles. The Bertz CT molecular complexity index is 552. The van der Waals surface area contributed by atoms with Crippen LogP contribution in [0.15, 0.2) is 42.5 Å². The minimum Gasteiger partial charge on any atom is -0.467 e. The summed E-state index contributed by atoms with van der Waals surface area (Å²) in [4.78, 5) is 10.5. The fraction of sp³-hybridized carbons (Fsp3) is 0.0769. The zero-order valence-electron chi connectivity index (χ0n) is 8.46. The molecule has 78 valence electrons. The Hall–Kier alpha value is -2.34. The van der Waals surface area contributed by atoms with Crippen molar-refractivity contribution in [1.82, 2.24) is 0 Å². The number of hydrogen-bond acceptors (Lipinski definition) is 3. The summed E-state index contributed by atoms with van der Waals surface area (Å²) in [5.41, 5.74) is 0. The van der Waals surface area contributed by atoms with E-state index in [1.807, 2.05) is 36.4 Å². The molecule has 0 aliphatic rings. The lowest BCUT2D eigenvalue weighted by atomic mass is 10.1. The molecule has 0 bridgehead atoms. The SMILES string of the molecule is N#CC(C=O)Oc1cccc2ccccc12.